The molecule has 2 N–H and O–H groups in total. The molecule has 1 aromatic carbocycles. The quantitative estimate of drug-likeness (QED) is 0.651. The van der Waals surface area contributed by atoms with E-state index in [9.17, 15) is 4.79 Å². The predicted molar refractivity (Wildman–Crippen MR) is 114 cm³/mol. The predicted octanol–water partition coefficient (Wildman–Crippen LogP) is 4.87. The first-order valence-electron chi connectivity index (χ1n) is 10.4. The van der Waals surface area contributed by atoms with Crippen molar-refractivity contribution in [2.45, 2.75) is 64.8 Å². The van der Waals surface area contributed by atoms with Gasteiger partial charge >= 0.3 is 6.09 Å². The second-order valence-corrected chi connectivity index (χ2v) is 8.36. The molecule has 3 rings (SSSR count). The molecule has 0 saturated carbocycles. The van der Waals surface area contributed by atoms with Gasteiger partial charge in [-0.1, -0.05) is 6.08 Å². The van der Waals surface area contributed by atoms with E-state index in [4.69, 9.17) is 14.2 Å². The summed E-state index contributed by atoms with van der Waals surface area (Å²) in [6, 6.07) is 4.03. The van der Waals surface area contributed by atoms with E-state index in [1.807, 2.05) is 45.2 Å². The Morgan fingerprint density at radius 2 is 2.21 bits per heavy atom. The average Bonchev–Trinajstić information content (AvgIpc) is 3.06. The number of amides is 1. The third-order valence-electron chi connectivity index (χ3n) is 4.80. The number of benzene rings is 1. The number of hydrogen-bond acceptors (Lipinski definition) is 4. The maximum atomic E-state index is 11.9. The minimum absolute atomic E-state index is 0.194. The number of fused-ring (bicyclic) bond motifs is 1. The summed E-state index contributed by atoms with van der Waals surface area (Å²) in [6.45, 7) is 10.7. The van der Waals surface area contributed by atoms with Crippen LogP contribution in [0.2, 0.25) is 0 Å². The summed E-state index contributed by atoms with van der Waals surface area (Å²) >= 11 is 0. The SMILES string of the molecule is C=CCc1c(OC2CCCCO2)ccc2[nH]cc(CCNC(=O)OC(C)(C)C)c12. The van der Waals surface area contributed by atoms with E-state index in [2.05, 4.69) is 16.9 Å². The minimum Gasteiger partial charge on any atom is -0.465 e. The molecule has 0 radical (unpaired) electrons. The number of carbonyl (C=O) groups is 1. The first-order valence-corrected chi connectivity index (χ1v) is 10.4. The second kappa shape index (κ2) is 9.35. The molecule has 0 bridgehead atoms. The Morgan fingerprint density at radius 1 is 1.38 bits per heavy atom. The fourth-order valence-corrected chi connectivity index (χ4v) is 3.57. The third-order valence-corrected chi connectivity index (χ3v) is 4.80. The maximum Gasteiger partial charge on any atom is 0.407 e. The van der Waals surface area contributed by atoms with Crippen molar-refractivity contribution in [1.82, 2.24) is 10.3 Å². The van der Waals surface area contributed by atoms with Crippen LogP contribution in [0.1, 0.15) is 51.2 Å². The molecule has 0 spiro atoms. The van der Waals surface area contributed by atoms with Crippen molar-refractivity contribution >= 4 is 17.0 Å². The highest BCUT2D eigenvalue weighted by Gasteiger charge is 2.20. The zero-order valence-corrected chi connectivity index (χ0v) is 17.7. The molecule has 6 nitrogen and oxygen atoms in total. The summed E-state index contributed by atoms with van der Waals surface area (Å²) in [5.41, 5.74) is 2.77. The Hall–Kier alpha value is -2.47. The van der Waals surface area contributed by atoms with Crippen molar-refractivity contribution in [2.24, 2.45) is 0 Å². The number of aromatic amines is 1. The van der Waals surface area contributed by atoms with Gasteiger partial charge in [0, 0.05) is 35.6 Å². The van der Waals surface area contributed by atoms with Crippen LogP contribution in [-0.4, -0.2) is 36.1 Å². The van der Waals surface area contributed by atoms with Gasteiger partial charge in [-0.3, -0.25) is 0 Å². The van der Waals surface area contributed by atoms with Crippen LogP contribution in [0.5, 0.6) is 5.75 Å². The molecule has 2 aromatic rings. The number of alkyl carbamates (subject to hydrolysis) is 1. The van der Waals surface area contributed by atoms with Gasteiger partial charge in [0.05, 0.1) is 6.61 Å². The van der Waals surface area contributed by atoms with E-state index in [1.165, 1.54) is 0 Å². The fraction of sp³-hybridized carbons (Fsp3) is 0.522. The summed E-state index contributed by atoms with van der Waals surface area (Å²) in [5.74, 6) is 0.838. The van der Waals surface area contributed by atoms with Gasteiger partial charge in [0.15, 0.2) is 6.29 Å². The van der Waals surface area contributed by atoms with Crippen molar-refractivity contribution in [3.63, 3.8) is 0 Å². The molecule has 1 unspecified atom stereocenters. The lowest BCUT2D eigenvalue weighted by atomic mass is 10.0. The minimum atomic E-state index is -0.505. The number of carbonyl (C=O) groups excluding carboxylic acids is 1. The van der Waals surface area contributed by atoms with Crippen LogP contribution in [0.15, 0.2) is 31.0 Å². The summed E-state index contributed by atoms with van der Waals surface area (Å²) in [6.07, 6.45) is 7.79. The average molecular weight is 401 g/mol. The van der Waals surface area contributed by atoms with E-state index >= 15 is 0 Å². The molecule has 1 amide bonds. The van der Waals surface area contributed by atoms with E-state index in [0.29, 0.717) is 19.4 Å². The zero-order chi connectivity index (χ0) is 20.9. The van der Waals surface area contributed by atoms with Gasteiger partial charge in [-0.15, -0.1) is 6.58 Å². The van der Waals surface area contributed by atoms with Gasteiger partial charge in [0.2, 0.25) is 0 Å². The van der Waals surface area contributed by atoms with Gasteiger partial charge in [-0.05, 0) is 64.2 Å². The van der Waals surface area contributed by atoms with Crippen LogP contribution >= 0.6 is 0 Å². The number of H-pyrrole nitrogens is 1. The normalized spacial score (nSPS) is 17.1. The van der Waals surface area contributed by atoms with Crippen LogP contribution in [0, 0.1) is 0 Å². The maximum absolute atomic E-state index is 11.9. The van der Waals surface area contributed by atoms with Crippen LogP contribution in [-0.2, 0) is 22.3 Å². The first-order chi connectivity index (χ1) is 13.9. The Kier molecular flexibility index (Phi) is 6.85. The second-order valence-electron chi connectivity index (χ2n) is 8.36. The van der Waals surface area contributed by atoms with Crippen LogP contribution in [0.3, 0.4) is 0 Å². The van der Waals surface area contributed by atoms with Crippen molar-refractivity contribution in [2.75, 3.05) is 13.2 Å². The number of rotatable bonds is 7. The largest absolute Gasteiger partial charge is 0.465 e. The number of aromatic nitrogens is 1. The Labute approximate surface area is 172 Å². The smallest absolute Gasteiger partial charge is 0.407 e. The van der Waals surface area contributed by atoms with E-state index in [-0.39, 0.29) is 6.29 Å². The molecule has 0 aliphatic carbocycles. The van der Waals surface area contributed by atoms with Crippen molar-refractivity contribution in [1.29, 1.82) is 0 Å². The summed E-state index contributed by atoms with van der Waals surface area (Å²) in [4.78, 5) is 15.2. The van der Waals surface area contributed by atoms with Crippen molar-refractivity contribution < 1.29 is 19.0 Å². The molecule has 1 saturated heterocycles. The first kappa shape index (κ1) is 21.2. The van der Waals surface area contributed by atoms with Crippen LogP contribution in [0.4, 0.5) is 4.79 Å². The number of allylic oxidation sites excluding steroid dienone is 1. The Bertz CT molecular complexity index is 844. The van der Waals surface area contributed by atoms with E-state index in [1.54, 1.807) is 0 Å². The number of hydrogen-bond donors (Lipinski definition) is 2. The molecule has 1 atom stereocenters. The standard InChI is InChI=1S/C23H32N2O4/c1-5-8-17-19(28-20-9-6-7-14-27-20)11-10-18-21(17)16(15-25-18)12-13-24-22(26)29-23(2,3)4/h5,10-11,15,20,25H,1,6-9,12-14H2,2-4H3,(H,24,26). The topological polar surface area (TPSA) is 72.6 Å². The van der Waals surface area contributed by atoms with Crippen molar-refractivity contribution in [3.8, 4) is 5.75 Å². The van der Waals surface area contributed by atoms with Gasteiger partial charge in [0.1, 0.15) is 11.4 Å². The van der Waals surface area contributed by atoms with E-state index in [0.717, 1.165) is 53.6 Å². The molecule has 29 heavy (non-hydrogen) atoms. The van der Waals surface area contributed by atoms with Gasteiger partial charge in [-0.2, -0.15) is 0 Å². The van der Waals surface area contributed by atoms with E-state index < -0.39 is 11.7 Å². The molecule has 1 aliphatic rings. The molecule has 1 aromatic heterocycles. The molecule has 1 fully saturated rings. The highest BCUT2D eigenvalue weighted by Crippen LogP contribution is 2.33. The highest BCUT2D eigenvalue weighted by atomic mass is 16.7. The lowest BCUT2D eigenvalue weighted by Crippen LogP contribution is -2.33. The summed E-state index contributed by atoms with van der Waals surface area (Å²) < 4.78 is 17.3. The van der Waals surface area contributed by atoms with Gasteiger partial charge in [0.25, 0.3) is 0 Å². The van der Waals surface area contributed by atoms with Gasteiger partial charge in [-0.25, -0.2) is 4.79 Å². The summed E-state index contributed by atoms with van der Waals surface area (Å²) in [5, 5.41) is 3.96. The molecular formula is C23H32N2O4. The Morgan fingerprint density at radius 3 is 2.90 bits per heavy atom. The monoisotopic (exact) mass is 400 g/mol. The van der Waals surface area contributed by atoms with Crippen LogP contribution < -0.4 is 10.1 Å². The molecule has 2 heterocycles. The number of nitrogens with one attached hydrogen (secondary N) is 2. The molecule has 6 heteroatoms. The third kappa shape index (κ3) is 5.76. The number of ether oxygens (including phenoxy) is 3. The van der Waals surface area contributed by atoms with Crippen molar-refractivity contribution in [3.05, 3.63) is 42.1 Å². The van der Waals surface area contributed by atoms with Crippen LogP contribution in [0.25, 0.3) is 10.9 Å². The molecule has 1 aliphatic heterocycles. The lowest BCUT2D eigenvalue weighted by molar-refractivity contribution is -0.106. The van der Waals surface area contributed by atoms with Gasteiger partial charge < -0.3 is 24.5 Å². The zero-order valence-electron chi connectivity index (χ0n) is 17.7. The molecular weight excluding hydrogens is 368 g/mol. The summed E-state index contributed by atoms with van der Waals surface area (Å²) in [7, 11) is 0. The molecule has 158 valence electrons. The fourth-order valence-electron chi connectivity index (χ4n) is 3.57. The lowest BCUT2D eigenvalue weighted by Gasteiger charge is -2.25. The Balaban J connectivity index is 1.76. The highest BCUT2D eigenvalue weighted by molar-refractivity contribution is 5.89.